The van der Waals surface area contributed by atoms with Crippen LogP contribution in [0.5, 0.6) is 5.75 Å². The van der Waals surface area contributed by atoms with Gasteiger partial charge >= 0.3 is 6.09 Å². The number of piperazine rings is 1. The van der Waals surface area contributed by atoms with Gasteiger partial charge in [-0.15, -0.1) is 0 Å². The standard InChI is InChI=1S/C21H27N3O4/c1-21(2,3)28-20(27)22-14-19(26)24-11-9-23(10-12-24)16-8-7-15-5-4-6-18(25)17(15)13-16/h4-8,13,25H,9-12,14H2,1-3H3,(H,22,27). The summed E-state index contributed by atoms with van der Waals surface area (Å²) >= 11 is 0. The Labute approximate surface area is 164 Å². The molecule has 7 nitrogen and oxygen atoms in total. The van der Waals surface area contributed by atoms with E-state index in [1.54, 1.807) is 31.7 Å². The summed E-state index contributed by atoms with van der Waals surface area (Å²) in [7, 11) is 0. The van der Waals surface area contributed by atoms with E-state index in [9.17, 15) is 14.7 Å². The van der Waals surface area contributed by atoms with Crippen LogP contribution in [0.15, 0.2) is 36.4 Å². The lowest BCUT2D eigenvalue weighted by Gasteiger charge is -2.36. The first-order chi connectivity index (χ1) is 13.2. The minimum absolute atomic E-state index is 0.0707. The topological polar surface area (TPSA) is 82.1 Å². The average molecular weight is 385 g/mol. The highest BCUT2D eigenvalue weighted by Gasteiger charge is 2.23. The Bertz CT molecular complexity index is 868. The van der Waals surface area contributed by atoms with Gasteiger partial charge in [-0.1, -0.05) is 18.2 Å². The van der Waals surface area contributed by atoms with Gasteiger partial charge in [0.05, 0.1) is 0 Å². The molecular formula is C21H27N3O4. The molecule has 0 aliphatic carbocycles. The molecule has 0 radical (unpaired) electrons. The van der Waals surface area contributed by atoms with Crippen LogP contribution in [0.25, 0.3) is 10.8 Å². The lowest BCUT2D eigenvalue weighted by Crippen LogP contribution is -2.51. The van der Waals surface area contributed by atoms with Crippen LogP contribution >= 0.6 is 0 Å². The van der Waals surface area contributed by atoms with Gasteiger partial charge in [-0.3, -0.25) is 4.79 Å². The van der Waals surface area contributed by atoms with E-state index in [1.165, 1.54) is 0 Å². The minimum Gasteiger partial charge on any atom is -0.507 e. The van der Waals surface area contributed by atoms with Crippen molar-refractivity contribution in [2.75, 3.05) is 37.6 Å². The smallest absolute Gasteiger partial charge is 0.408 e. The highest BCUT2D eigenvalue weighted by Crippen LogP contribution is 2.29. The number of nitrogens with zero attached hydrogens (tertiary/aromatic N) is 2. The normalized spacial score (nSPS) is 14.8. The lowest BCUT2D eigenvalue weighted by atomic mass is 10.1. The zero-order valence-corrected chi connectivity index (χ0v) is 16.6. The molecule has 150 valence electrons. The number of amides is 2. The van der Waals surface area contributed by atoms with Crippen molar-refractivity contribution in [2.24, 2.45) is 0 Å². The van der Waals surface area contributed by atoms with E-state index >= 15 is 0 Å². The molecule has 1 fully saturated rings. The second-order valence-corrected chi connectivity index (χ2v) is 7.91. The third kappa shape index (κ3) is 4.85. The fraction of sp³-hybridized carbons (Fsp3) is 0.429. The number of carbonyl (C=O) groups is 2. The van der Waals surface area contributed by atoms with E-state index in [1.807, 2.05) is 30.3 Å². The van der Waals surface area contributed by atoms with Gasteiger partial charge in [-0.2, -0.15) is 0 Å². The monoisotopic (exact) mass is 385 g/mol. The lowest BCUT2D eigenvalue weighted by molar-refractivity contribution is -0.130. The number of phenolic OH excluding ortho intramolecular Hbond substituents is 1. The third-order valence-corrected chi connectivity index (χ3v) is 4.62. The van der Waals surface area contributed by atoms with E-state index in [4.69, 9.17) is 4.74 Å². The molecule has 0 aromatic heterocycles. The molecule has 7 heteroatoms. The average Bonchev–Trinajstić information content (AvgIpc) is 2.65. The maximum Gasteiger partial charge on any atom is 0.408 e. The molecule has 2 aromatic carbocycles. The Morgan fingerprint density at radius 1 is 1.11 bits per heavy atom. The summed E-state index contributed by atoms with van der Waals surface area (Å²) < 4.78 is 5.15. The van der Waals surface area contributed by atoms with Crippen molar-refractivity contribution >= 4 is 28.5 Å². The van der Waals surface area contributed by atoms with Crippen LogP contribution in [0, 0.1) is 0 Å². The first-order valence-corrected chi connectivity index (χ1v) is 9.44. The predicted octanol–water partition coefficient (Wildman–Crippen LogP) is 2.72. The van der Waals surface area contributed by atoms with Crippen LogP contribution in [-0.2, 0) is 9.53 Å². The maximum absolute atomic E-state index is 12.3. The van der Waals surface area contributed by atoms with Gasteiger partial charge in [0.25, 0.3) is 0 Å². The number of benzene rings is 2. The molecule has 2 aromatic rings. The minimum atomic E-state index is -0.590. The number of ether oxygens (including phenoxy) is 1. The molecule has 28 heavy (non-hydrogen) atoms. The van der Waals surface area contributed by atoms with E-state index in [0.29, 0.717) is 26.2 Å². The zero-order valence-electron chi connectivity index (χ0n) is 16.6. The molecule has 1 aliphatic heterocycles. The number of anilines is 1. The molecule has 1 aliphatic rings. The number of hydrogen-bond donors (Lipinski definition) is 2. The zero-order chi connectivity index (χ0) is 20.3. The Morgan fingerprint density at radius 2 is 1.82 bits per heavy atom. The highest BCUT2D eigenvalue weighted by molar-refractivity contribution is 5.91. The Hall–Kier alpha value is -2.96. The van der Waals surface area contributed by atoms with Crippen molar-refractivity contribution in [3.05, 3.63) is 36.4 Å². The van der Waals surface area contributed by atoms with Crippen LogP contribution in [0.3, 0.4) is 0 Å². The number of alkyl carbamates (subject to hydrolysis) is 1. The van der Waals surface area contributed by atoms with Gasteiger partial charge in [0.15, 0.2) is 0 Å². The summed E-state index contributed by atoms with van der Waals surface area (Å²) in [6, 6.07) is 11.5. The molecule has 0 atom stereocenters. The van der Waals surface area contributed by atoms with Gasteiger partial charge < -0.3 is 25.0 Å². The molecule has 1 saturated heterocycles. The van der Waals surface area contributed by atoms with Gasteiger partial charge in [0.1, 0.15) is 17.9 Å². The Kier molecular flexibility index (Phi) is 5.63. The fourth-order valence-corrected chi connectivity index (χ4v) is 3.23. The van der Waals surface area contributed by atoms with Crippen LogP contribution in [0.4, 0.5) is 10.5 Å². The molecule has 2 N–H and O–H groups in total. The largest absolute Gasteiger partial charge is 0.507 e. The van der Waals surface area contributed by atoms with Crippen LogP contribution in [-0.4, -0.2) is 60.3 Å². The maximum atomic E-state index is 12.3. The molecule has 0 saturated carbocycles. The first-order valence-electron chi connectivity index (χ1n) is 9.44. The number of rotatable bonds is 3. The van der Waals surface area contributed by atoms with E-state index in [2.05, 4.69) is 10.2 Å². The second kappa shape index (κ2) is 7.96. The summed E-state index contributed by atoms with van der Waals surface area (Å²) in [4.78, 5) is 28.0. The summed E-state index contributed by atoms with van der Waals surface area (Å²) in [5.74, 6) is 0.142. The Balaban J connectivity index is 1.53. The molecule has 1 heterocycles. The van der Waals surface area contributed by atoms with Crippen LogP contribution in [0.1, 0.15) is 20.8 Å². The van der Waals surface area contributed by atoms with Crippen molar-refractivity contribution in [1.82, 2.24) is 10.2 Å². The number of aromatic hydroxyl groups is 1. The number of phenols is 1. The number of nitrogens with one attached hydrogen (secondary N) is 1. The van der Waals surface area contributed by atoms with Gasteiger partial charge in [-0.25, -0.2) is 4.79 Å². The summed E-state index contributed by atoms with van der Waals surface area (Å²) in [6.07, 6.45) is -0.588. The van der Waals surface area contributed by atoms with Gasteiger partial charge in [0, 0.05) is 37.3 Å². The first kappa shape index (κ1) is 19.8. The third-order valence-electron chi connectivity index (χ3n) is 4.62. The summed E-state index contributed by atoms with van der Waals surface area (Å²) in [5.41, 5.74) is 0.431. The van der Waals surface area contributed by atoms with Gasteiger partial charge in [0.2, 0.25) is 5.91 Å². The molecule has 0 bridgehead atoms. The molecular weight excluding hydrogens is 358 g/mol. The van der Waals surface area contributed by atoms with E-state index < -0.39 is 11.7 Å². The quantitative estimate of drug-likeness (QED) is 0.849. The van der Waals surface area contributed by atoms with E-state index in [0.717, 1.165) is 16.5 Å². The predicted molar refractivity (Wildman–Crippen MR) is 109 cm³/mol. The van der Waals surface area contributed by atoms with Crippen molar-refractivity contribution in [3.8, 4) is 5.75 Å². The number of fused-ring (bicyclic) bond motifs is 1. The highest BCUT2D eigenvalue weighted by atomic mass is 16.6. The second-order valence-electron chi connectivity index (χ2n) is 7.91. The van der Waals surface area contributed by atoms with Crippen molar-refractivity contribution in [3.63, 3.8) is 0 Å². The molecule has 2 amide bonds. The Morgan fingerprint density at radius 3 is 2.50 bits per heavy atom. The molecule has 0 unspecified atom stereocenters. The van der Waals surface area contributed by atoms with Crippen LogP contribution < -0.4 is 10.2 Å². The number of hydrogen-bond acceptors (Lipinski definition) is 5. The summed E-state index contributed by atoms with van der Waals surface area (Å²) in [6.45, 7) is 7.80. The molecule has 3 rings (SSSR count). The van der Waals surface area contributed by atoms with Crippen molar-refractivity contribution in [2.45, 2.75) is 26.4 Å². The van der Waals surface area contributed by atoms with Crippen molar-refractivity contribution < 1.29 is 19.4 Å². The van der Waals surface area contributed by atoms with E-state index in [-0.39, 0.29) is 18.2 Å². The van der Waals surface area contributed by atoms with Crippen LogP contribution in [0.2, 0.25) is 0 Å². The fourth-order valence-electron chi connectivity index (χ4n) is 3.23. The number of carbonyl (C=O) groups excluding carboxylic acids is 2. The van der Waals surface area contributed by atoms with Crippen molar-refractivity contribution in [1.29, 1.82) is 0 Å². The molecule has 0 spiro atoms. The van der Waals surface area contributed by atoms with Gasteiger partial charge in [-0.05, 0) is 44.4 Å². The SMILES string of the molecule is CC(C)(C)OC(=O)NCC(=O)N1CCN(c2ccc3cccc(O)c3c2)CC1. The summed E-state index contributed by atoms with van der Waals surface area (Å²) in [5, 5.41) is 14.4.